The SMILES string of the molecule is C=C(C)[C@H]1CCC(C)=C[C@H]1c1c(OC(=O)CCCNC(=O)C(C)C)cc(CCCCC)cc1OC(=O)CCCNC(=O)C(C)C. The van der Waals surface area contributed by atoms with Gasteiger partial charge in [-0.15, -0.1) is 0 Å². The molecule has 1 aromatic rings. The minimum Gasteiger partial charge on any atom is -0.426 e. The van der Waals surface area contributed by atoms with Crippen LogP contribution in [0.4, 0.5) is 0 Å². The van der Waals surface area contributed by atoms with Crippen molar-refractivity contribution in [3.05, 3.63) is 47.1 Å². The lowest BCUT2D eigenvalue weighted by molar-refractivity contribution is -0.135. The van der Waals surface area contributed by atoms with Crippen LogP contribution in [0.5, 0.6) is 11.5 Å². The molecule has 0 saturated heterocycles. The Labute approximate surface area is 270 Å². The first-order chi connectivity index (χ1) is 21.3. The highest BCUT2D eigenvalue weighted by atomic mass is 16.5. The number of aryl methyl sites for hydroxylation is 1. The van der Waals surface area contributed by atoms with Crippen LogP contribution in [0.15, 0.2) is 35.9 Å². The van der Waals surface area contributed by atoms with Gasteiger partial charge in [-0.25, -0.2) is 0 Å². The Morgan fingerprint density at radius 3 is 1.82 bits per heavy atom. The van der Waals surface area contributed by atoms with Gasteiger partial charge in [0.15, 0.2) is 0 Å². The fourth-order valence-electron chi connectivity index (χ4n) is 5.43. The molecule has 0 fully saturated rings. The first-order valence-corrected chi connectivity index (χ1v) is 16.8. The van der Waals surface area contributed by atoms with Crippen molar-refractivity contribution in [2.45, 2.75) is 119 Å². The molecule has 2 N–H and O–H groups in total. The lowest BCUT2D eigenvalue weighted by Crippen LogP contribution is -2.29. The third-order valence-electron chi connectivity index (χ3n) is 8.16. The third-order valence-corrected chi connectivity index (χ3v) is 8.16. The van der Waals surface area contributed by atoms with E-state index in [0.717, 1.165) is 49.7 Å². The van der Waals surface area contributed by atoms with E-state index in [1.54, 1.807) is 0 Å². The van der Waals surface area contributed by atoms with Crippen LogP contribution < -0.4 is 20.1 Å². The first kappa shape index (κ1) is 37.8. The fraction of sp³-hybridized carbons (Fsp3) is 0.622. The van der Waals surface area contributed by atoms with Gasteiger partial charge in [-0.3, -0.25) is 19.2 Å². The largest absolute Gasteiger partial charge is 0.426 e. The summed E-state index contributed by atoms with van der Waals surface area (Å²) in [6.45, 7) is 18.6. The van der Waals surface area contributed by atoms with Crippen molar-refractivity contribution in [3.8, 4) is 11.5 Å². The van der Waals surface area contributed by atoms with E-state index >= 15 is 0 Å². The van der Waals surface area contributed by atoms with Crippen molar-refractivity contribution in [1.82, 2.24) is 10.6 Å². The standard InChI is InChI=1S/C37H56N2O6/c1-9-10-11-14-28-22-31(44-33(40)15-12-19-38-36(42)25(4)5)35(30-21-27(8)17-18-29(30)24(2)3)32(23-28)45-34(41)16-13-20-39-37(43)26(6)7/h21-23,25-26,29-30H,2,9-20H2,1,3-8H3,(H,38,42)(H,39,43)/t29-,30-/m1/s1. The molecule has 0 bridgehead atoms. The number of carbonyl (C=O) groups is 4. The molecule has 0 saturated carbocycles. The summed E-state index contributed by atoms with van der Waals surface area (Å²) >= 11 is 0. The molecule has 2 rings (SSSR count). The van der Waals surface area contributed by atoms with E-state index < -0.39 is 11.9 Å². The minimum atomic E-state index is -0.401. The van der Waals surface area contributed by atoms with E-state index in [1.807, 2.05) is 46.8 Å². The number of allylic oxidation sites excluding steroid dienone is 3. The van der Waals surface area contributed by atoms with E-state index in [-0.39, 0.29) is 48.3 Å². The molecule has 1 aromatic carbocycles. The Kier molecular flexibility index (Phi) is 16.1. The van der Waals surface area contributed by atoms with Gasteiger partial charge in [0, 0.05) is 49.2 Å². The maximum Gasteiger partial charge on any atom is 0.311 e. The molecule has 2 amide bonds. The number of hydrogen-bond donors (Lipinski definition) is 2. The molecular formula is C37H56N2O6. The predicted octanol–water partition coefficient (Wildman–Crippen LogP) is 7.35. The Hall–Kier alpha value is -3.42. The van der Waals surface area contributed by atoms with Gasteiger partial charge in [0.25, 0.3) is 0 Å². The van der Waals surface area contributed by atoms with Crippen LogP contribution in [-0.4, -0.2) is 36.8 Å². The van der Waals surface area contributed by atoms with Crippen molar-refractivity contribution < 1.29 is 28.7 Å². The Morgan fingerprint density at radius 2 is 1.38 bits per heavy atom. The number of ether oxygens (including phenoxy) is 2. The molecule has 2 atom stereocenters. The van der Waals surface area contributed by atoms with E-state index in [0.29, 0.717) is 43.0 Å². The highest BCUT2D eigenvalue weighted by Crippen LogP contribution is 2.47. The summed E-state index contributed by atoms with van der Waals surface area (Å²) in [4.78, 5) is 50.2. The Balaban J connectivity index is 2.43. The summed E-state index contributed by atoms with van der Waals surface area (Å²) < 4.78 is 12.2. The molecule has 0 aliphatic heterocycles. The molecule has 8 heteroatoms. The maximum atomic E-state index is 13.2. The summed E-state index contributed by atoms with van der Waals surface area (Å²) in [6.07, 6.45) is 9.04. The minimum absolute atomic E-state index is 0.0514. The summed E-state index contributed by atoms with van der Waals surface area (Å²) in [5, 5.41) is 5.69. The van der Waals surface area contributed by atoms with Crippen LogP contribution in [0, 0.1) is 17.8 Å². The van der Waals surface area contributed by atoms with Gasteiger partial charge in [0.2, 0.25) is 11.8 Å². The summed E-state index contributed by atoms with van der Waals surface area (Å²) in [5.41, 5.74) is 3.87. The monoisotopic (exact) mass is 624 g/mol. The van der Waals surface area contributed by atoms with Crippen molar-refractivity contribution in [2.75, 3.05) is 13.1 Å². The van der Waals surface area contributed by atoms with Crippen LogP contribution in [0.3, 0.4) is 0 Å². The number of rotatable bonds is 18. The number of amides is 2. The van der Waals surface area contributed by atoms with Gasteiger partial charge in [-0.05, 0) is 76.0 Å². The molecule has 8 nitrogen and oxygen atoms in total. The predicted molar refractivity (Wildman–Crippen MR) is 179 cm³/mol. The molecule has 0 heterocycles. The quantitative estimate of drug-likeness (QED) is 0.0765. The van der Waals surface area contributed by atoms with Crippen LogP contribution >= 0.6 is 0 Å². The molecule has 1 aliphatic carbocycles. The van der Waals surface area contributed by atoms with Crippen LogP contribution in [0.25, 0.3) is 0 Å². The first-order valence-electron chi connectivity index (χ1n) is 16.8. The second kappa shape index (κ2) is 19.2. The zero-order valence-electron chi connectivity index (χ0n) is 28.7. The van der Waals surface area contributed by atoms with Crippen molar-refractivity contribution >= 4 is 23.8 Å². The molecule has 0 spiro atoms. The van der Waals surface area contributed by atoms with Gasteiger partial charge in [0.05, 0.1) is 0 Å². The van der Waals surface area contributed by atoms with Gasteiger partial charge in [-0.1, -0.05) is 71.3 Å². The van der Waals surface area contributed by atoms with E-state index in [4.69, 9.17) is 9.47 Å². The number of nitrogens with one attached hydrogen (secondary N) is 2. The second-order valence-electron chi connectivity index (χ2n) is 13.0. The lowest BCUT2D eigenvalue weighted by atomic mass is 9.73. The summed E-state index contributed by atoms with van der Waals surface area (Å²) in [6, 6.07) is 3.85. The molecular weight excluding hydrogens is 568 g/mol. The average molecular weight is 625 g/mol. The van der Waals surface area contributed by atoms with Gasteiger partial charge >= 0.3 is 11.9 Å². The second-order valence-corrected chi connectivity index (χ2v) is 13.0. The summed E-state index contributed by atoms with van der Waals surface area (Å²) in [5.74, 6) is -0.414. The third kappa shape index (κ3) is 12.8. The van der Waals surface area contributed by atoms with Crippen LogP contribution in [0.1, 0.15) is 123 Å². The highest BCUT2D eigenvalue weighted by Gasteiger charge is 2.32. The molecule has 45 heavy (non-hydrogen) atoms. The van der Waals surface area contributed by atoms with Crippen LogP contribution in [0.2, 0.25) is 0 Å². The van der Waals surface area contributed by atoms with Crippen molar-refractivity contribution in [3.63, 3.8) is 0 Å². The fourth-order valence-corrected chi connectivity index (χ4v) is 5.43. The normalized spacial score (nSPS) is 16.2. The lowest BCUT2D eigenvalue weighted by Gasteiger charge is -2.32. The molecule has 1 aliphatic rings. The van der Waals surface area contributed by atoms with Gasteiger partial charge in [-0.2, -0.15) is 0 Å². The van der Waals surface area contributed by atoms with Crippen molar-refractivity contribution in [1.29, 1.82) is 0 Å². The van der Waals surface area contributed by atoms with E-state index in [1.165, 1.54) is 5.57 Å². The number of unbranched alkanes of at least 4 members (excludes halogenated alkanes) is 2. The number of benzene rings is 1. The molecule has 0 radical (unpaired) electrons. The molecule has 0 unspecified atom stereocenters. The number of esters is 2. The van der Waals surface area contributed by atoms with Gasteiger partial charge in [0.1, 0.15) is 11.5 Å². The smallest absolute Gasteiger partial charge is 0.311 e. The zero-order valence-corrected chi connectivity index (χ0v) is 28.7. The van der Waals surface area contributed by atoms with E-state index in [2.05, 4.69) is 37.1 Å². The van der Waals surface area contributed by atoms with Gasteiger partial charge < -0.3 is 20.1 Å². The maximum absolute atomic E-state index is 13.2. The Morgan fingerprint density at radius 1 is 0.867 bits per heavy atom. The topological polar surface area (TPSA) is 111 Å². The molecule has 250 valence electrons. The van der Waals surface area contributed by atoms with E-state index in [9.17, 15) is 19.2 Å². The number of carbonyl (C=O) groups excluding carboxylic acids is 4. The summed E-state index contributed by atoms with van der Waals surface area (Å²) in [7, 11) is 0. The zero-order chi connectivity index (χ0) is 33.5. The Bertz CT molecular complexity index is 1150. The van der Waals surface area contributed by atoms with Crippen molar-refractivity contribution in [2.24, 2.45) is 17.8 Å². The number of hydrogen-bond acceptors (Lipinski definition) is 6. The van der Waals surface area contributed by atoms with Crippen LogP contribution in [-0.2, 0) is 25.6 Å². The average Bonchev–Trinajstić information content (AvgIpc) is 2.97. The highest BCUT2D eigenvalue weighted by molar-refractivity contribution is 5.79. The molecule has 0 aromatic heterocycles.